The van der Waals surface area contributed by atoms with E-state index in [1.165, 1.54) is 5.56 Å². The van der Waals surface area contributed by atoms with Gasteiger partial charge in [-0.25, -0.2) is 0 Å². The Morgan fingerprint density at radius 2 is 2.35 bits per heavy atom. The molecule has 0 aliphatic rings. The van der Waals surface area contributed by atoms with Crippen molar-refractivity contribution in [2.75, 3.05) is 6.54 Å². The average Bonchev–Trinajstić information content (AvgIpc) is 2.83. The van der Waals surface area contributed by atoms with Crippen molar-refractivity contribution in [2.24, 2.45) is 0 Å². The first kappa shape index (κ1) is 12.2. The first-order valence-corrected chi connectivity index (χ1v) is 6.03. The third-order valence-corrected chi connectivity index (χ3v) is 2.72. The molecule has 0 atom stereocenters. The lowest BCUT2D eigenvalue weighted by molar-refractivity contribution is 0.431. The number of hydrogen-bond acceptors (Lipinski definition) is 3. The van der Waals surface area contributed by atoms with Crippen molar-refractivity contribution in [3.05, 3.63) is 40.6 Å². The molecule has 1 N–H and O–H groups in total. The molecule has 4 nitrogen and oxygen atoms in total. The molecule has 2 aromatic rings. The summed E-state index contributed by atoms with van der Waals surface area (Å²) in [6, 6.07) is 2.04. The second-order valence-electron chi connectivity index (χ2n) is 3.96. The molecule has 0 saturated heterocycles. The smallest absolute Gasteiger partial charge is 0.126 e. The summed E-state index contributed by atoms with van der Waals surface area (Å²) in [6.45, 7) is 6.44. The van der Waals surface area contributed by atoms with Crippen LogP contribution in [-0.2, 0) is 13.1 Å². The van der Waals surface area contributed by atoms with Crippen molar-refractivity contribution in [3.8, 4) is 0 Å². The molecule has 0 aromatic carbocycles. The topological polar surface area (TPSA) is 43.0 Å². The van der Waals surface area contributed by atoms with Crippen LogP contribution in [0.4, 0.5) is 0 Å². The van der Waals surface area contributed by atoms with Crippen LogP contribution in [0.2, 0.25) is 5.02 Å². The summed E-state index contributed by atoms with van der Waals surface area (Å²) in [4.78, 5) is 0. The van der Waals surface area contributed by atoms with E-state index >= 15 is 0 Å². The Hall–Kier alpha value is -1.26. The van der Waals surface area contributed by atoms with Crippen LogP contribution in [0.1, 0.15) is 24.0 Å². The molecule has 0 aliphatic heterocycles. The molecule has 0 unspecified atom stereocenters. The number of nitrogens with zero attached hydrogens (tertiary/aromatic N) is 2. The summed E-state index contributed by atoms with van der Waals surface area (Å²) in [7, 11) is 0. The summed E-state index contributed by atoms with van der Waals surface area (Å²) in [5, 5.41) is 8.01. The molecule has 5 heteroatoms. The van der Waals surface area contributed by atoms with Gasteiger partial charge in [-0.1, -0.05) is 18.5 Å². The Labute approximate surface area is 106 Å². The van der Waals surface area contributed by atoms with Crippen LogP contribution in [0.25, 0.3) is 0 Å². The molecule has 0 saturated carbocycles. The van der Waals surface area contributed by atoms with Crippen LogP contribution in [-0.4, -0.2) is 16.3 Å². The van der Waals surface area contributed by atoms with Gasteiger partial charge in [-0.2, -0.15) is 5.10 Å². The standard InChI is InChI=1S/C12H16ClN3O/c1-3-14-6-12-9(2)4-11(17-12)8-16-7-10(13)5-15-16/h4-5,7,14H,3,6,8H2,1-2H3. The minimum absolute atomic E-state index is 0.611. The Bertz CT molecular complexity index is 490. The van der Waals surface area contributed by atoms with Crippen molar-refractivity contribution in [2.45, 2.75) is 26.9 Å². The van der Waals surface area contributed by atoms with Crippen molar-refractivity contribution in [3.63, 3.8) is 0 Å². The third kappa shape index (κ3) is 3.11. The third-order valence-electron chi connectivity index (χ3n) is 2.53. The fraction of sp³-hybridized carbons (Fsp3) is 0.417. The molecule has 2 rings (SSSR count). The zero-order chi connectivity index (χ0) is 12.3. The van der Waals surface area contributed by atoms with Gasteiger partial charge in [-0.05, 0) is 25.1 Å². The van der Waals surface area contributed by atoms with Gasteiger partial charge < -0.3 is 9.73 Å². The van der Waals surface area contributed by atoms with E-state index in [-0.39, 0.29) is 0 Å². The second kappa shape index (κ2) is 5.38. The van der Waals surface area contributed by atoms with E-state index in [0.29, 0.717) is 11.6 Å². The molecule has 0 bridgehead atoms. The van der Waals surface area contributed by atoms with E-state index in [1.54, 1.807) is 17.1 Å². The lowest BCUT2D eigenvalue weighted by atomic mass is 10.2. The number of furan rings is 1. The molecular weight excluding hydrogens is 238 g/mol. The summed E-state index contributed by atoms with van der Waals surface area (Å²) >= 11 is 5.81. The number of aromatic nitrogens is 2. The van der Waals surface area contributed by atoms with Gasteiger partial charge in [0.25, 0.3) is 0 Å². The van der Waals surface area contributed by atoms with Gasteiger partial charge in [0.05, 0.1) is 24.3 Å². The molecule has 2 heterocycles. The molecule has 0 aliphatic carbocycles. The number of nitrogens with one attached hydrogen (secondary N) is 1. The monoisotopic (exact) mass is 253 g/mol. The van der Waals surface area contributed by atoms with Gasteiger partial charge >= 0.3 is 0 Å². The maximum Gasteiger partial charge on any atom is 0.126 e. The SMILES string of the molecule is CCNCc1oc(Cn2cc(Cl)cn2)cc1C. The molecule has 92 valence electrons. The predicted molar refractivity (Wildman–Crippen MR) is 67.2 cm³/mol. The molecule has 0 radical (unpaired) electrons. The lowest BCUT2D eigenvalue weighted by Gasteiger charge is -1.99. The van der Waals surface area contributed by atoms with E-state index < -0.39 is 0 Å². The number of halogens is 1. The van der Waals surface area contributed by atoms with Crippen LogP contribution in [0.15, 0.2) is 22.9 Å². The number of rotatable bonds is 5. The maximum atomic E-state index is 5.81. The van der Waals surface area contributed by atoms with E-state index in [1.807, 2.05) is 6.07 Å². The predicted octanol–water partition coefficient (Wildman–Crippen LogP) is 2.60. The highest BCUT2D eigenvalue weighted by atomic mass is 35.5. The van der Waals surface area contributed by atoms with E-state index in [2.05, 4.69) is 24.3 Å². The normalized spacial score (nSPS) is 11.0. The first-order chi connectivity index (χ1) is 8.19. The zero-order valence-electron chi connectivity index (χ0n) is 10.0. The molecular formula is C12H16ClN3O. The minimum atomic E-state index is 0.611. The molecule has 0 spiro atoms. The Morgan fingerprint density at radius 1 is 1.53 bits per heavy atom. The number of aryl methyl sites for hydroxylation is 1. The Balaban J connectivity index is 2.06. The van der Waals surface area contributed by atoms with Crippen LogP contribution in [0.3, 0.4) is 0 Å². The fourth-order valence-electron chi connectivity index (χ4n) is 1.67. The summed E-state index contributed by atoms with van der Waals surface area (Å²) in [6.07, 6.45) is 3.40. The average molecular weight is 254 g/mol. The highest BCUT2D eigenvalue weighted by molar-refractivity contribution is 6.30. The van der Waals surface area contributed by atoms with Gasteiger partial charge in [0.1, 0.15) is 11.5 Å². The van der Waals surface area contributed by atoms with Crippen molar-refractivity contribution < 1.29 is 4.42 Å². The quantitative estimate of drug-likeness (QED) is 0.891. The van der Waals surface area contributed by atoms with Crippen molar-refractivity contribution >= 4 is 11.6 Å². The largest absolute Gasteiger partial charge is 0.462 e. The van der Waals surface area contributed by atoms with Gasteiger partial charge in [0, 0.05) is 6.20 Å². The van der Waals surface area contributed by atoms with E-state index in [4.69, 9.17) is 16.0 Å². The first-order valence-electron chi connectivity index (χ1n) is 5.66. The molecule has 0 amide bonds. The van der Waals surface area contributed by atoms with Crippen LogP contribution in [0, 0.1) is 6.92 Å². The van der Waals surface area contributed by atoms with Crippen molar-refractivity contribution in [1.29, 1.82) is 0 Å². The van der Waals surface area contributed by atoms with Crippen LogP contribution < -0.4 is 5.32 Å². The molecule has 17 heavy (non-hydrogen) atoms. The summed E-state index contributed by atoms with van der Waals surface area (Å²) in [5.74, 6) is 1.88. The number of hydrogen-bond donors (Lipinski definition) is 1. The Morgan fingerprint density at radius 3 is 3.00 bits per heavy atom. The Kier molecular flexibility index (Phi) is 3.86. The second-order valence-corrected chi connectivity index (χ2v) is 4.39. The lowest BCUT2D eigenvalue weighted by Crippen LogP contribution is -2.11. The molecule has 0 fully saturated rings. The van der Waals surface area contributed by atoms with E-state index in [9.17, 15) is 0 Å². The van der Waals surface area contributed by atoms with Crippen LogP contribution >= 0.6 is 11.6 Å². The fourth-order valence-corrected chi connectivity index (χ4v) is 1.82. The minimum Gasteiger partial charge on any atom is -0.462 e. The summed E-state index contributed by atoms with van der Waals surface area (Å²) in [5.41, 5.74) is 1.17. The van der Waals surface area contributed by atoms with Gasteiger partial charge in [-0.3, -0.25) is 4.68 Å². The maximum absolute atomic E-state index is 5.81. The van der Waals surface area contributed by atoms with Gasteiger partial charge in [-0.15, -0.1) is 0 Å². The van der Waals surface area contributed by atoms with E-state index in [0.717, 1.165) is 24.6 Å². The summed E-state index contributed by atoms with van der Waals surface area (Å²) < 4.78 is 7.52. The highest BCUT2D eigenvalue weighted by Gasteiger charge is 2.08. The van der Waals surface area contributed by atoms with Crippen LogP contribution in [0.5, 0.6) is 0 Å². The van der Waals surface area contributed by atoms with Gasteiger partial charge in [0.2, 0.25) is 0 Å². The van der Waals surface area contributed by atoms with Gasteiger partial charge in [0.15, 0.2) is 0 Å². The molecule has 2 aromatic heterocycles. The zero-order valence-corrected chi connectivity index (χ0v) is 10.8. The highest BCUT2D eigenvalue weighted by Crippen LogP contribution is 2.16. The van der Waals surface area contributed by atoms with Crippen molar-refractivity contribution in [1.82, 2.24) is 15.1 Å².